The van der Waals surface area contributed by atoms with Crippen molar-refractivity contribution in [1.82, 2.24) is 0 Å². The first-order chi connectivity index (χ1) is 12.6. The summed E-state index contributed by atoms with van der Waals surface area (Å²) in [6.07, 6.45) is 1.83. The Hall–Kier alpha value is 0.00494. The van der Waals surface area contributed by atoms with Gasteiger partial charge < -0.3 is 9.47 Å². The summed E-state index contributed by atoms with van der Waals surface area (Å²) in [5.41, 5.74) is 0. The van der Waals surface area contributed by atoms with Gasteiger partial charge in [0.15, 0.2) is 0 Å². The fourth-order valence-corrected chi connectivity index (χ4v) is 5.14. The molecule has 2 radical (unpaired) electrons. The standard InChI is InChI=1S/C20H37BO5P/c1-11(2)10-16-13(5)15(7)24-17(16)8-9-23-27(22)26-19-14(6)20(21)25-18(19)12(3)4/h11-20H,8-10H2,1-7H3/q+1/t13-,14+,15+,16?,17-,18-,19?,20-/m1/s1. The molecule has 0 aromatic heterocycles. The number of ether oxygens (including phenoxy) is 2. The number of hydrogen-bond acceptors (Lipinski definition) is 5. The van der Waals surface area contributed by atoms with Crippen LogP contribution in [-0.4, -0.2) is 44.9 Å². The normalized spacial score (nSPS) is 40.3. The van der Waals surface area contributed by atoms with E-state index in [4.69, 9.17) is 26.4 Å². The fourth-order valence-electron chi connectivity index (χ4n) is 4.31. The minimum absolute atomic E-state index is 0.0183. The highest BCUT2D eigenvalue weighted by Gasteiger charge is 2.47. The van der Waals surface area contributed by atoms with Crippen LogP contribution in [0.2, 0.25) is 0 Å². The molecule has 2 heterocycles. The molecule has 0 aromatic rings. The van der Waals surface area contributed by atoms with Crippen molar-refractivity contribution in [2.75, 3.05) is 6.61 Å². The van der Waals surface area contributed by atoms with Gasteiger partial charge in [-0.25, -0.2) is 0 Å². The van der Waals surface area contributed by atoms with Crippen molar-refractivity contribution in [2.45, 2.75) is 91.7 Å². The zero-order valence-corrected chi connectivity index (χ0v) is 18.9. The van der Waals surface area contributed by atoms with Crippen LogP contribution in [0, 0.1) is 29.6 Å². The van der Waals surface area contributed by atoms with Gasteiger partial charge in [-0.05, 0) is 37.0 Å². The molecule has 154 valence electrons. The zero-order valence-electron chi connectivity index (χ0n) is 18.0. The molecular formula is C20H37BO5P+. The van der Waals surface area contributed by atoms with E-state index in [1.807, 2.05) is 20.8 Å². The summed E-state index contributed by atoms with van der Waals surface area (Å²) >= 11 is 0. The first kappa shape index (κ1) is 23.3. The first-order valence-electron chi connectivity index (χ1n) is 10.4. The van der Waals surface area contributed by atoms with Crippen molar-refractivity contribution in [3.05, 3.63) is 0 Å². The Bertz CT molecular complexity index is 489. The van der Waals surface area contributed by atoms with E-state index < -0.39 is 14.3 Å². The molecule has 0 aromatic carbocycles. The van der Waals surface area contributed by atoms with Gasteiger partial charge in [-0.2, -0.15) is 0 Å². The average molecular weight is 399 g/mol. The highest BCUT2D eigenvalue weighted by molar-refractivity contribution is 7.33. The van der Waals surface area contributed by atoms with Gasteiger partial charge in [0.05, 0.1) is 18.3 Å². The molecule has 2 fully saturated rings. The van der Waals surface area contributed by atoms with E-state index in [0.717, 1.165) is 12.8 Å². The third kappa shape index (κ3) is 5.99. The molecule has 2 rings (SSSR count). The van der Waals surface area contributed by atoms with Gasteiger partial charge >= 0.3 is 8.25 Å². The van der Waals surface area contributed by atoms with Gasteiger partial charge in [0.2, 0.25) is 0 Å². The Morgan fingerprint density at radius 1 is 1.07 bits per heavy atom. The Labute approximate surface area is 167 Å². The maximum atomic E-state index is 12.3. The molecule has 0 saturated carbocycles. The Balaban J connectivity index is 1.81. The van der Waals surface area contributed by atoms with Crippen molar-refractivity contribution < 1.29 is 23.1 Å². The summed E-state index contributed by atoms with van der Waals surface area (Å²) in [5, 5.41) is 0. The Morgan fingerprint density at radius 3 is 2.33 bits per heavy atom. The van der Waals surface area contributed by atoms with Crippen LogP contribution in [0.25, 0.3) is 0 Å². The summed E-state index contributed by atoms with van der Waals surface area (Å²) in [4.78, 5) is 0. The molecule has 3 unspecified atom stereocenters. The van der Waals surface area contributed by atoms with Crippen molar-refractivity contribution >= 4 is 16.1 Å². The van der Waals surface area contributed by atoms with Crippen LogP contribution in [0.4, 0.5) is 0 Å². The van der Waals surface area contributed by atoms with Gasteiger partial charge in [0, 0.05) is 22.9 Å². The topological polar surface area (TPSA) is 54.0 Å². The minimum Gasteiger partial charge on any atom is -0.381 e. The fraction of sp³-hybridized carbons (Fsp3) is 1.00. The predicted octanol–water partition coefficient (Wildman–Crippen LogP) is 4.71. The lowest BCUT2D eigenvalue weighted by molar-refractivity contribution is 0.00525. The maximum Gasteiger partial charge on any atom is 0.697 e. The molecule has 9 atom stereocenters. The average Bonchev–Trinajstić information content (AvgIpc) is 3.00. The van der Waals surface area contributed by atoms with Crippen molar-refractivity contribution in [3.63, 3.8) is 0 Å². The van der Waals surface area contributed by atoms with Crippen LogP contribution in [0.3, 0.4) is 0 Å². The van der Waals surface area contributed by atoms with Gasteiger partial charge in [-0.15, -0.1) is 9.05 Å². The van der Waals surface area contributed by atoms with E-state index >= 15 is 0 Å². The van der Waals surface area contributed by atoms with Crippen LogP contribution in [0.15, 0.2) is 0 Å². The third-order valence-corrected chi connectivity index (χ3v) is 6.97. The third-order valence-electron chi connectivity index (χ3n) is 6.16. The van der Waals surface area contributed by atoms with E-state index in [0.29, 0.717) is 24.4 Å². The Kier molecular flexibility index (Phi) is 8.76. The van der Waals surface area contributed by atoms with Crippen LogP contribution >= 0.6 is 8.25 Å². The SMILES string of the molecule is [B][C@@H]1O[C@H](C(C)C)C(O[P+](=O)OCC[C@H]2O[C@@H](C)[C@@H](C)C2CC(C)C)[C@@H]1C. The lowest BCUT2D eigenvalue weighted by atomic mass is 9.82. The van der Waals surface area contributed by atoms with Crippen molar-refractivity contribution in [3.8, 4) is 0 Å². The van der Waals surface area contributed by atoms with Gasteiger partial charge in [0.25, 0.3) is 0 Å². The summed E-state index contributed by atoms with van der Waals surface area (Å²) < 4.78 is 35.5. The zero-order chi connectivity index (χ0) is 20.3. The monoisotopic (exact) mass is 399 g/mol. The molecule has 0 bridgehead atoms. The smallest absolute Gasteiger partial charge is 0.381 e. The molecule has 2 saturated heterocycles. The van der Waals surface area contributed by atoms with E-state index in [2.05, 4.69) is 27.7 Å². The molecule has 0 aliphatic carbocycles. The second-order valence-corrected chi connectivity index (χ2v) is 10.0. The summed E-state index contributed by atoms with van der Waals surface area (Å²) in [7, 11) is 3.78. The molecule has 2 aliphatic heterocycles. The highest BCUT2D eigenvalue weighted by atomic mass is 31.1. The second kappa shape index (κ2) is 10.2. The van der Waals surface area contributed by atoms with Gasteiger partial charge in [-0.3, -0.25) is 0 Å². The summed E-state index contributed by atoms with van der Waals surface area (Å²) in [5.74, 6) is 1.91. The highest BCUT2D eigenvalue weighted by Crippen LogP contribution is 2.41. The quantitative estimate of drug-likeness (QED) is 0.415. The molecular weight excluding hydrogens is 362 g/mol. The maximum absolute atomic E-state index is 12.3. The lowest BCUT2D eigenvalue weighted by Gasteiger charge is -2.22. The van der Waals surface area contributed by atoms with E-state index in [1.54, 1.807) is 0 Å². The molecule has 0 N–H and O–H groups in total. The molecule has 7 heteroatoms. The molecule has 27 heavy (non-hydrogen) atoms. The molecule has 2 aliphatic rings. The number of hydrogen-bond donors (Lipinski definition) is 0. The van der Waals surface area contributed by atoms with Crippen LogP contribution in [0.5, 0.6) is 0 Å². The van der Waals surface area contributed by atoms with Crippen molar-refractivity contribution in [1.29, 1.82) is 0 Å². The van der Waals surface area contributed by atoms with Gasteiger partial charge in [0.1, 0.15) is 20.6 Å². The van der Waals surface area contributed by atoms with Crippen LogP contribution in [0.1, 0.15) is 61.3 Å². The van der Waals surface area contributed by atoms with E-state index in [1.165, 1.54) is 0 Å². The van der Waals surface area contributed by atoms with Crippen LogP contribution in [-0.2, 0) is 23.1 Å². The summed E-state index contributed by atoms with van der Waals surface area (Å²) in [6, 6.07) is -0.391. The molecule has 0 amide bonds. The largest absolute Gasteiger partial charge is 0.697 e. The lowest BCUT2D eigenvalue weighted by Crippen LogP contribution is -2.31. The molecule has 0 spiro atoms. The Morgan fingerprint density at radius 2 is 1.74 bits per heavy atom. The molecule has 5 nitrogen and oxygen atoms in total. The minimum atomic E-state index is -2.20. The first-order valence-corrected chi connectivity index (χ1v) is 11.5. The van der Waals surface area contributed by atoms with E-state index in [9.17, 15) is 4.57 Å². The second-order valence-electron chi connectivity index (χ2n) is 9.12. The summed E-state index contributed by atoms with van der Waals surface area (Å²) in [6.45, 7) is 15.3. The van der Waals surface area contributed by atoms with Gasteiger partial charge in [-0.1, -0.05) is 41.5 Å². The van der Waals surface area contributed by atoms with E-state index in [-0.39, 0.29) is 36.3 Å². The van der Waals surface area contributed by atoms with Crippen LogP contribution < -0.4 is 0 Å². The number of rotatable bonds is 9. The predicted molar refractivity (Wildman–Crippen MR) is 108 cm³/mol. The van der Waals surface area contributed by atoms with Crippen molar-refractivity contribution in [2.24, 2.45) is 29.6 Å².